The second kappa shape index (κ2) is 8.87. The van der Waals surface area contributed by atoms with E-state index in [-0.39, 0.29) is 18.4 Å². The number of nitrogens with zero attached hydrogens (tertiary/aromatic N) is 1. The predicted octanol–water partition coefficient (Wildman–Crippen LogP) is 0.598. The van der Waals surface area contributed by atoms with Crippen molar-refractivity contribution < 1.29 is 19.4 Å². The second-order valence-corrected chi connectivity index (χ2v) is 4.88. The number of carbonyl (C=O) groups is 2. The zero-order valence-corrected chi connectivity index (χ0v) is 11.3. The highest BCUT2D eigenvalue weighted by Crippen LogP contribution is 2.12. The molecule has 6 nitrogen and oxygen atoms in total. The van der Waals surface area contributed by atoms with E-state index in [9.17, 15) is 9.59 Å². The molecule has 0 aliphatic carbocycles. The highest BCUT2D eigenvalue weighted by molar-refractivity contribution is 5.76. The summed E-state index contributed by atoms with van der Waals surface area (Å²) in [7, 11) is 0. The Morgan fingerprint density at radius 2 is 2.00 bits per heavy atom. The van der Waals surface area contributed by atoms with Gasteiger partial charge >= 0.3 is 5.97 Å². The Hall–Kier alpha value is -1.14. The van der Waals surface area contributed by atoms with E-state index >= 15 is 0 Å². The molecule has 1 amide bonds. The number of hydrogen-bond acceptors (Lipinski definition) is 4. The van der Waals surface area contributed by atoms with Crippen LogP contribution in [-0.4, -0.2) is 54.2 Å². The molecule has 0 bridgehead atoms. The van der Waals surface area contributed by atoms with Gasteiger partial charge in [0.15, 0.2) is 0 Å². The summed E-state index contributed by atoms with van der Waals surface area (Å²) in [4.78, 5) is 24.3. The number of rotatable bonds is 8. The maximum absolute atomic E-state index is 12.0. The molecule has 0 aromatic heterocycles. The predicted molar refractivity (Wildman–Crippen MR) is 70.7 cm³/mol. The summed E-state index contributed by atoms with van der Waals surface area (Å²) in [5.74, 6) is -0.785. The molecule has 1 fully saturated rings. The Morgan fingerprint density at radius 3 is 2.68 bits per heavy atom. The van der Waals surface area contributed by atoms with Gasteiger partial charge < -0.3 is 20.5 Å². The van der Waals surface area contributed by atoms with E-state index in [0.717, 1.165) is 25.7 Å². The number of carboxylic acids is 1. The molecule has 1 unspecified atom stereocenters. The fourth-order valence-corrected chi connectivity index (χ4v) is 2.20. The lowest BCUT2D eigenvalue weighted by Crippen LogP contribution is -2.46. The van der Waals surface area contributed by atoms with Gasteiger partial charge in [-0.1, -0.05) is 12.8 Å². The molecule has 0 saturated carbocycles. The van der Waals surface area contributed by atoms with E-state index < -0.39 is 5.97 Å². The van der Waals surface area contributed by atoms with Crippen molar-refractivity contribution in [1.29, 1.82) is 0 Å². The van der Waals surface area contributed by atoms with Crippen LogP contribution in [0.1, 0.15) is 38.5 Å². The molecule has 1 atom stereocenters. The lowest BCUT2D eigenvalue weighted by molar-refractivity contribution is -0.147. The molecule has 0 aromatic rings. The minimum Gasteiger partial charge on any atom is -0.481 e. The normalized spacial score (nSPS) is 19.4. The lowest BCUT2D eigenvalue weighted by atomic mass is 10.1. The van der Waals surface area contributed by atoms with Gasteiger partial charge in [0.25, 0.3) is 0 Å². The fourth-order valence-electron chi connectivity index (χ4n) is 2.20. The van der Waals surface area contributed by atoms with Crippen LogP contribution in [0.15, 0.2) is 0 Å². The number of ether oxygens (including phenoxy) is 1. The molecule has 110 valence electrons. The molecule has 1 aliphatic rings. The van der Waals surface area contributed by atoms with Crippen molar-refractivity contribution in [3.05, 3.63) is 0 Å². The number of nitrogens with two attached hydrogens (primary N) is 1. The molecule has 6 heteroatoms. The number of carboxylic acid groups (broad SMARTS) is 1. The zero-order chi connectivity index (χ0) is 14.1. The van der Waals surface area contributed by atoms with E-state index in [1.807, 2.05) is 0 Å². The van der Waals surface area contributed by atoms with Crippen LogP contribution < -0.4 is 5.73 Å². The summed E-state index contributed by atoms with van der Waals surface area (Å²) >= 11 is 0. The molecule has 1 heterocycles. The van der Waals surface area contributed by atoms with Crippen molar-refractivity contribution >= 4 is 11.9 Å². The van der Waals surface area contributed by atoms with Crippen LogP contribution in [0, 0.1) is 0 Å². The number of morpholine rings is 1. The first-order valence-corrected chi connectivity index (χ1v) is 6.94. The van der Waals surface area contributed by atoms with Gasteiger partial charge in [-0.3, -0.25) is 9.59 Å². The number of unbranched alkanes of at least 4 members (excludes halogenated alkanes) is 3. The Morgan fingerprint density at radius 1 is 1.26 bits per heavy atom. The van der Waals surface area contributed by atoms with Gasteiger partial charge in [0.05, 0.1) is 19.1 Å². The first-order chi connectivity index (χ1) is 9.13. The average molecular weight is 272 g/mol. The van der Waals surface area contributed by atoms with Crippen LogP contribution in [0.4, 0.5) is 0 Å². The quantitative estimate of drug-likeness (QED) is 0.631. The van der Waals surface area contributed by atoms with E-state index in [0.29, 0.717) is 32.7 Å². The minimum atomic E-state index is -0.888. The highest BCUT2D eigenvalue weighted by Gasteiger charge is 2.25. The zero-order valence-electron chi connectivity index (χ0n) is 11.3. The van der Waals surface area contributed by atoms with Gasteiger partial charge in [0.2, 0.25) is 5.91 Å². The number of amides is 1. The molecule has 0 aromatic carbocycles. The van der Waals surface area contributed by atoms with Crippen LogP contribution in [0.25, 0.3) is 0 Å². The maximum atomic E-state index is 12.0. The minimum absolute atomic E-state index is 0.0414. The molecule has 1 aliphatic heterocycles. The van der Waals surface area contributed by atoms with Crippen molar-refractivity contribution in [2.24, 2.45) is 5.73 Å². The summed E-state index contributed by atoms with van der Waals surface area (Å²) in [5.41, 5.74) is 5.41. The van der Waals surface area contributed by atoms with Crippen molar-refractivity contribution in [3.8, 4) is 0 Å². The molecule has 0 spiro atoms. The molecular formula is C13H24N2O4. The largest absolute Gasteiger partial charge is 0.481 e. The van der Waals surface area contributed by atoms with Crippen LogP contribution in [0.3, 0.4) is 0 Å². The van der Waals surface area contributed by atoms with E-state index in [2.05, 4.69) is 0 Å². The van der Waals surface area contributed by atoms with Crippen molar-refractivity contribution in [2.75, 3.05) is 26.2 Å². The topological polar surface area (TPSA) is 92.9 Å². The van der Waals surface area contributed by atoms with Gasteiger partial charge in [0, 0.05) is 19.5 Å². The SMILES string of the molecule is NCCCCCCC(=O)N1CCOC(CC(=O)O)C1. The third-order valence-corrected chi connectivity index (χ3v) is 3.24. The molecule has 0 radical (unpaired) electrons. The summed E-state index contributed by atoms with van der Waals surface area (Å²) < 4.78 is 5.34. The van der Waals surface area contributed by atoms with E-state index in [1.54, 1.807) is 4.90 Å². The van der Waals surface area contributed by atoms with Crippen LogP contribution in [0.2, 0.25) is 0 Å². The molecule has 19 heavy (non-hydrogen) atoms. The summed E-state index contributed by atoms with van der Waals surface area (Å²) in [6.07, 6.45) is 4.09. The van der Waals surface area contributed by atoms with Crippen LogP contribution in [0.5, 0.6) is 0 Å². The van der Waals surface area contributed by atoms with Crippen molar-refractivity contribution in [3.63, 3.8) is 0 Å². The standard InChI is InChI=1S/C13H24N2O4/c14-6-4-2-1-3-5-12(16)15-7-8-19-11(10-15)9-13(17)18/h11H,1-10,14H2,(H,17,18). The first kappa shape index (κ1) is 15.9. The number of carbonyl (C=O) groups excluding carboxylic acids is 1. The Balaban J connectivity index is 2.22. The third kappa shape index (κ3) is 6.54. The first-order valence-electron chi connectivity index (χ1n) is 6.94. The fraction of sp³-hybridized carbons (Fsp3) is 0.846. The smallest absolute Gasteiger partial charge is 0.306 e. The highest BCUT2D eigenvalue weighted by atomic mass is 16.5. The Kier molecular flexibility index (Phi) is 7.43. The van der Waals surface area contributed by atoms with Gasteiger partial charge in [-0.2, -0.15) is 0 Å². The van der Waals surface area contributed by atoms with Gasteiger partial charge in [-0.15, -0.1) is 0 Å². The molecular weight excluding hydrogens is 248 g/mol. The Labute approximate surface area is 113 Å². The van der Waals surface area contributed by atoms with Crippen LogP contribution >= 0.6 is 0 Å². The average Bonchev–Trinajstić information content (AvgIpc) is 2.38. The molecule has 1 rings (SSSR count). The van der Waals surface area contributed by atoms with Crippen molar-refractivity contribution in [1.82, 2.24) is 4.90 Å². The van der Waals surface area contributed by atoms with E-state index in [4.69, 9.17) is 15.6 Å². The molecule has 1 saturated heterocycles. The summed E-state index contributed by atoms with van der Waals surface area (Å²) in [5, 5.41) is 8.72. The van der Waals surface area contributed by atoms with Gasteiger partial charge in [-0.25, -0.2) is 0 Å². The lowest BCUT2D eigenvalue weighted by Gasteiger charge is -2.32. The number of aliphatic carboxylic acids is 1. The maximum Gasteiger partial charge on any atom is 0.306 e. The van der Waals surface area contributed by atoms with E-state index in [1.165, 1.54) is 0 Å². The van der Waals surface area contributed by atoms with Crippen LogP contribution in [-0.2, 0) is 14.3 Å². The number of hydrogen-bond donors (Lipinski definition) is 2. The third-order valence-electron chi connectivity index (χ3n) is 3.24. The molecule has 3 N–H and O–H groups in total. The second-order valence-electron chi connectivity index (χ2n) is 4.88. The van der Waals surface area contributed by atoms with Gasteiger partial charge in [-0.05, 0) is 19.4 Å². The summed E-state index contributed by atoms with van der Waals surface area (Å²) in [6, 6.07) is 0. The van der Waals surface area contributed by atoms with Gasteiger partial charge in [0.1, 0.15) is 0 Å². The van der Waals surface area contributed by atoms with Crippen molar-refractivity contribution in [2.45, 2.75) is 44.6 Å². The monoisotopic (exact) mass is 272 g/mol. The Bertz CT molecular complexity index is 296. The summed E-state index contributed by atoms with van der Waals surface area (Å²) in [6.45, 7) is 2.09.